The number of para-hydroxylation sites is 2. The summed E-state index contributed by atoms with van der Waals surface area (Å²) in [5.74, 6) is 0.269. The monoisotopic (exact) mass is 446 g/mol. The van der Waals surface area contributed by atoms with Crippen molar-refractivity contribution in [2.75, 3.05) is 7.05 Å². The molecule has 0 aliphatic heterocycles. The zero-order valence-corrected chi connectivity index (χ0v) is 18.4. The smallest absolute Gasteiger partial charge is 0.253 e. The van der Waals surface area contributed by atoms with Crippen LogP contribution in [0.5, 0.6) is 0 Å². The molecule has 3 aromatic carbocycles. The molecule has 1 heterocycles. The number of carbonyl (C=O) groups is 2. The molecule has 0 fully saturated rings. The number of amides is 2. The number of hydrogen-bond acceptors (Lipinski definition) is 3. The van der Waals surface area contributed by atoms with Gasteiger partial charge in [-0.15, -0.1) is 0 Å². The molecule has 0 saturated carbocycles. The first-order chi connectivity index (χ1) is 15.5. The Bertz CT molecular complexity index is 1250. The van der Waals surface area contributed by atoms with Crippen LogP contribution >= 0.6 is 11.6 Å². The summed E-state index contributed by atoms with van der Waals surface area (Å²) in [6.07, 6.45) is 0. The molecular formula is C25H23ClN4O2. The number of halogens is 1. The molecule has 162 valence electrons. The number of carbonyl (C=O) groups excluding carboxylic acids is 2. The highest BCUT2D eigenvalue weighted by Crippen LogP contribution is 2.18. The van der Waals surface area contributed by atoms with E-state index in [9.17, 15) is 9.59 Å². The van der Waals surface area contributed by atoms with E-state index in [1.165, 1.54) is 0 Å². The van der Waals surface area contributed by atoms with Crippen LogP contribution in [0.25, 0.3) is 11.0 Å². The SMILES string of the molecule is CN(Cc1ccccc1)C(=O)Cn1c(CNC(=O)c2ccccc2Cl)nc2ccccc21. The lowest BCUT2D eigenvalue weighted by atomic mass is 10.2. The van der Waals surface area contributed by atoms with E-state index in [2.05, 4.69) is 10.3 Å². The molecule has 0 unspecified atom stereocenters. The second kappa shape index (κ2) is 9.66. The second-order valence-corrected chi connectivity index (χ2v) is 7.91. The fourth-order valence-corrected chi connectivity index (χ4v) is 3.76. The van der Waals surface area contributed by atoms with Crippen molar-refractivity contribution >= 4 is 34.4 Å². The van der Waals surface area contributed by atoms with Gasteiger partial charge in [-0.2, -0.15) is 0 Å². The molecule has 0 saturated heterocycles. The Morgan fingerprint density at radius 1 is 0.969 bits per heavy atom. The molecule has 1 aromatic heterocycles. The lowest BCUT2D eigenvalue weighted by molar-refractivity contribution is -0.131. The Morgan fingerprint density at radius 3 is 2.44 bits per heavy atom. The molecular weight excluding hydrogens is 424 g/mol. The number of imidazole rings is 1. The van der Waals surface area contributed by atoms with E-state index < -0.39 is 0 Å². The Kier molecular flexibility index (Phi) is 6.52. The molecule has 0 bridgehead atoms. The predicted octanol–water partition coefficient (Wildman–Crippen LogP) is 4.28. The zero-order valence-electron chi connectivity index (χ0n) is 17.7. The van der Waals surface area contributed by atoms with Gasteiger partial charge in [-0.25, -0.2) is 4.98 Å². The summed E-state index contributed by atoms with van der Waals surface area (Å²) in [4.78, 5) is 31.9. The largest absolute Gasteiger partial charge is 0.345 e. The summed E-state index contributed by atoms with van der Waals surface area (Å²) in [6.45, 7) is 0.820. The van der Waals surface area contributed by atoms with E-state index in [4.69, 9.17) is 11.6 Å². The van der Waals surface area contributed by atoms with Gasteiger partial charge in [0.2, 0.25) is 5.91 Å². The molecule has 0 atom stereocenters. The Balaban J connectivity index is 1.53. The first-order valence-electron chi connectivity index (χ1n) is 10.3. The fraction of sp³-hybridized carbons (Fsp3) is 0.160. The standard InChI is InChI=1S/C25H23ClN4O2/c1-29(16-18-9-3-2-4-10-18)24(31)17-30-22-14-8-7-13-21(22)28-23(30)15-27-25(32)19-11-5-6-12-20(19)26/h2-14H,15-17H2,1H3,(H,27,32). The lowest BCUT2D eigenvalue weighted by Gasteiger charge is -2.19. The van der Waals surface area contributed by atoms with E-state index in [-0.39, 0.29) is 24.9 Å². The summed E-state index contributed by atoms with van der Waals surface area (Å²) in [5.41, 5.74) is 3.07. The molecule has 7 heteroatoms. The van der Waals surface area contributed by atoms with Gasteiger partial charge in [0.25, 0.3) is 5.91 Å². The molecule has 0 spiro atoms. The molecule has 1 N–H and O–H groups in total. The van der Waals surface area contributed by atoms with Crippen LogP contribution < -0.4 is 5.32 Å². The van der Waals surface area contributed by atoms with Crippen molar-refractivity contribution in [3.63, 3.8) is 0 Å². The average molecular weight is 447 g/mol. The summed E-state index contributed by atoms with van der Waals surface area (Å²) < 4.78 is 1.85. The van der Waals surface area contributed by atoms with Crippen LogP contribution in [0.2, 0.25) is 5.02 Å². The van der Waals surface area contributed by atoms with Crippen molar-refractivity contribution in [3.05, 3.63) is 101 Å². The van der Waals surface area contributed by atoms with Crippen LogP contribution in [-0.4, -0.2) is 33.3 Å². The van der Waals surface area contributed by atoms with Gasteiger partial charge in [0.15, 0.2) is 0 Å². The maximum atomic E-state index is 13.0. The molecule has 4 rings (SSSR count). The van der Waals surface area contributed by atoms with Gasteiger partial charge < -0.3 is 14.8 Å². The van der Waals surface area contributed by atoms with E-state index in [1.807, 2.05) is 59.2 Å². The molecule has 6 nitrogen and oxygen atoms in total. The van der Waals surface area contributed by atoms with Gasteiger partial charge in [0, 0.05) is 13.6 Å². The predicted molar refractivity (Wildman–Crippen MR) is 125 cm³/mol. The van der Waals surface area contributed by atoms with Crippen molar-refractivity contribution in [1.29, 1.82) is 0 Å². The van der Waals surface area contributed by atoms with E-state index in [1.54, 1.807) is 36.2 Å². The number of aromatic nitrogens is 2. The summed E-state index contributed by atoms with van der Waals surface area (Å²) in [5, 5.41) is 3.25. The van der Waals surface area contributed by atoms with Crippen LogP contribution in [0, 0.1) is 0 Å². The third kappa shape index (κ3) is 4.81. The van der Waals surface area contributed by atoms with Crippen LogP contribution in [0.4, 0.5) is 0 Å². The maximum absolute atomic E-state index is 13.0. The first-order valence-corrected chi connectivity index (χ1v) is 10.7. The normalized spacial score (nSPS) is 10.8. The van der Waals surface area contributed by atoms with E-state index in [0.29, 0.717) is 23.0 Å². The minimum atomic E-state index is -0.290. The maximum Gasteiger partial charge on any atom is 0.253 e. The minimum Gasteiger partial charge on any atom is -0.345 e. The summed E-state index contributed by atoms with van der Waals surface area (Å²) in [7, 11) is 1.79. The highest BCUT2D eigenvalue weighted by molar-refractivity contribution is 6.33. The molecule has 0 radical (unpaired) electrons. The highest BCUT2D eigenvalue weighted by atomic mass is 35.5. The van der Waals surface area contributed by atoms with Crippen molar-refractivity contribution in [3.8, 4) is 0 Å². The number of nitrogens with zero attached hydrogens (tertiary/aromatic N) is 3. The van der Waals surface area contributed by atoms with Gasteiger partial charge in [-0.1, -0.05) is 66.2 Å². The zero-order chi connectivity index (χ0) is 22.5. The van der Waals surface area contributed by atoms with Crippen molar-refractivity contribution in [2.45, 2.75) is 19.6 Å². The van der Waals surface area contributed by atoms with Crippen LogP contribution in [-0.2, 0) is 24.4 Å². The Labute approximate surface area is 191 Å². The molecule has 4 aromatic rings. The van der Waals surface area contributed by atoms with Gasteiger partial charge >= 0.3 is 0 Å². The van der Waals surface area contributed by atoms with Gasteiger partial charge in [0.05, 0.1) is 28.2 Å². The van der Waals surface area contributed by atoms with Crippen LogP contribution in [0.15, 0.2) is 78.9 Å². The van der Waals surface area contributed by atoms with E-state index >= 15 is 0 Å². The third-order valence-electron chi connectivity index (χ3n) is 5.24. The van der Waals surface area contributed by atoms with E-state index in [0.717, 1.165) is 16.6 Å². The second-order valence-electron chi connectivity index (χ2n) is 7.50. The van der Waals surface area contributed by atoms with Crippen molar-refractivity contribution in [2.24, 2.45) is 0 Å². The number of rotatable bonds is 7. The molecule has 0 aliphatic rings. The highest BCUT2D eigenvalue weighted by Gasteiger charge is 2.17. The Morgan fingerprint density at radius 2 is 1.66 bits per heavy atom. The van der Waals surface area contributed by atoms with Gasteiger partial charge in [-0.3, -0.25) is 9.59 Å². The molecule has 0 aliphatic carbocycles. The van der Waals surface area contributed by atoms with Gasteiger partial charge in [0.1, 0.15) is 12.4 Å². The fourth-order valence-electron chi connectivity index (χ4n) is 3.54. The van der Waals surface area contributed by atoms with Crippen LogP contribution in [0.3, 0.4) is 0 Å². The number of nitrogens with one attached hydrogen (secondary N) is 1. The van der Waals surface area contributed by atoms with Crippen molar-refractivity contribution < 1.29 is 9.59 Å². The summed E-state index contributed by atoms with van der Waals surface area (Å²) >= 11 is 6.13. The lowest BCUT2D eigenvalue weighted by Crippen LogP contribution is -2.31. The Hall–Kier alpha value is -3.64. The number of fused-ring (bicyclic) bond motifs is 1. The molecule has 32 heavy (non-hydrogen) atoms. The third-order valence-corrected chi connectivity index (χ3v) is 5.57. The first kappa shape index (κ1) is 21.6. The number of benzene rings is 3. The topological polar surface area (TPSA) is 67.2 Å². The quantitative estimate of drug-likeness (QED) is 0.460. The minimum absolute atomic E-state index is 0.0457. The van der Waals surface area contributed by atoms with Crippen molar-refractivity contribution in [1.82, 2.24) is 19.8 Å². The average Bonchev–Trinajstić information content (AvgIpc) is 3.15. The van der Waals surface area contributed by atoms with Crippen LogP contribution in [0.1, 0.15) is 21.7 Å². The van der Waals surface area contributed by atoms with Gasteiger partial charge in [-0.05, 0) is 29.8 Å². The summed E-state index contributed by atoms with van der Waals surface area (Å²) in [6, 6.07) is 24.3. The molecule has 2 amide bonds. The number of hydrogen-bond donors (Lipinski definition) is 1. The number of likely N-dealkylation sites (N-methyl/N-ethyl adjacent to an activating group) is 1.